The molecule has 1 aromatic carbocycles. The summed E-state index contributed by atoms with van der Waals surface area (Å²) >= 11 is 11.2. The summed E-state index contributed by atoms with van der Waals surface area (Å²) in [5.74, 6) is -0.815. The van der Waals surface area contributed by atoms with E-state index in [4.69, 9.17) is 28.5 Å². The van der Waals surface area contributed by atoms with Gasteiger partial charge in [-0.2, -0.15) is 5.26 Å². The third-order valence-electron chi connectivity index (χ3n) is 2.31. The number of hydrogen-bond acceptors (Lipinski definition) is 3. The van der Waals surface area contributed by atoms with Crippen LogP contribution in [0.15, 0.2) is 27.9 Å². The number of benzene rings is 1. The van der Waals surface area contributed by atoms with Crippen molar-refractivity contribution in [2.75, 3.05) is 0 Å². The van der Waals surface area contributed by atoms with E-state index in [0.717, 1.165) is 22.9 Å². The number of halogens is 3. The molecule has 1 heterocycles. The molecule has 0 bridgehead atoms. The molecule has 0 atom stereocenters. The van der Waals surface area contributed by atoms with E-state index in [1.54, 1.807) is 6.07 Å². The van der Waals surface area contributed by atoms with Crippen LogP contribution in [0.5, 0.6) is 0 Å². The molecule has 0 saturated heterocycles. The second-order valence-electron chi connectivity index (χ2n) is 3.51. The molecule has 0 aliphatic rings. The molecule has 0 aliphatic heterocycles. The number of nitrogens with zero attached hydrogens (tertiary/aromatic N) is 2. The van der Waals surface area contributed by atoms with Gasteiger partial charge in [-0.25, -0.2) is 9.18 Å². The minimum Gasteiger partial charge on any atom is -0.273 e. The van der Waals surface area contributed by atoms with Crippen LogP contribution < -0.4 is 11.2 Å². The lowest BCUT2D eigenvalue weighted by Crippen LogP contribution is -2.30. The van der Waals surface area contributed by atoms with Gasteiger partial charge in [-0.05, 0) is 12.1 Å². The van der Waals surface area contributed by atoms with Gasteiger partial charge in [-0.15, -0.1) is 0 Å². The Morgan fingerprint density at radius 3 is 2.37 bits per heavy atom. The molecule has 0 aliphatic carbocycles. The Morgan fingerprint density at radius 2 is 1.84 bits per heavy atom. The Kier molecular flexibility index (Phi) is 3.42. The fraction of sp³-hybridized carbons (Fsp3) is 0. The number of rotatable bonds is 1. The molecule has 1 N–H and O–H groups in total. The third-order valence-corrected chi connectivity index (χ3v) is 2.86. The topological polar surface area (TPSA) is 78.7 Å². The zero-order valence-electron chi connectivity index (χ0n) is 9.08. The highest BCUT2D eigenvalue weighted by molar-refractivity contribution is 6.35. The van der Waals surface area contributed by atoms with Gasteiger partial charge in [-0.1, -0.05) is 23.2 Å². The largest absolute Gasteiger partial charge is 0.332 e. The molecule has 0 fully saturated rings. The predicted octanol–water partition coefficient (Wildman–Crippen LogP) is 1.84. The molecular formula is C11H4Cl2FN3O2. The van der Waals surface area contributed by atoms with E-state index >= 15 is 0 Å². The summed E-state index contributed by atoms with van der Waals surface area (Å²) in [5, 5.41) is 8.18. The normalized spacial score (nSPS) is 10.2. The van der Waals surface area contributed by atoms with Gasteiger partial charge >= 0.3 is 5.69 Å². The van der Waals surface area contributed by atoms with Gasteiger partial charge in [-0.3, -0.25) is 14.3 Å². The Labute approximate surface area is 115 Å². The van der Waals surface area contributed by atoms with Crippen molar-refractivity contribution in [3.63, 3.8) is 0 Å². The molecular weight excluding hydrogens is 296 g/mol. The first-order chi connectivity index (χ1) is 8.93. The maximum absolute atomic E-state index is 13.3. The Bertz CT molecular complexity index is 797. The van der Waals surface area contributed by atoms with E-state index in [-0.39, 0.29) is 21.3 Å². The van der Waals surface area contributed by atoms with Crippen molar-refractivity contribution in [1.82, 2.24) is 9.55 Å². The van der Waals surface area contributed by atoms with Crippen LogP contribution in [0, 0.1) is 17.1 Å². The zero-order chi connectivity index (χ0) is 14.2. The average Bonchev–Trinajstić information content (AvgIpc) is 2.35. The summed E-state index contributed by atoms with van der Waals surface area (Å²) in [6, 6.07) is 3.94. The first-order valence-corrected chi connectivity index (χ1v) is 5.60. The molecule has 8 heteroatoms. The third kappa shape index (κ3) is 2.38. The molecule has 2 aromatic rings. The maximum atomic E-state index is 13.3. The summed E-state index contributed by atoms with van der Waals surface area (Å²) in [7, 11) is 0. The van der Waals surface area contributed by atoms with E-state index in [1.807, 2.05) is 4.98 Å². The molecule has 0 spiro atoms. The summed E-state index contributed by atoms with van der Waals surface area (Å²) in [6.45, 7) is 0. The van der Waals surface area contributed by atoms with Crippen molar-refractivity contribution < 1.29 is 4.39 Å². The minimum absolute atomic E-state index is 0.133. The lowest BCUT2D eigenvalue weighted by Gasteiger charge is -2.07. The molecule has 0 amide bonds. The SMILES string of the molecule is N#Cc1cn(-c2cc(Cl)c(F)c(Cl)c2)c(=O)[nH]c1=O. The molecule has 2 rings (SSSR count). The predicted molar refractivity (Wildman–Crippen MR) is 67.4 cm³/mol. The number of nitriles is 1. The summed E-state index contributed by atoms with van der Waals surface area (Å²) < 4.78 is 14.2. The summed E-state index contributed by atoms with van der Waals surface area (Å²) in [4.78, 5) is 24.8. The number of aromatic nitrogens is 2. The number of aromatic amines is 1. The van der Waals surface area contributed by atoms with Crippen molar-refractivity contribution in [3.05, 3.63) is 60.6 Å². The molecule has 1 aromatic heterocycles. The second kappa shape index (κ2) is 4.88. The van der Waals surface area contributed by atoms with Crippen molar-refractivity contribution in [3.8, 4) is 11.8 Å². The average molecular weight is 300 g/mol. The molecule has 5 nitrogen and oxygen atoms in total. The number of hydrogen-bond donors (Lipinski definition) is 1. The fourth-order valence-corrected chi connectivity index (χ4v) is 1.90. The van der Waals surface area contributed by atoms with Crippen LogP contribution in [0.25, 0.3) is 5.69 Å². The Hall–Kier alpha value is -2.10. The molecule has 19 heavy (non-hydrogen) atoms. The first-order valence-electron chi connectivity index (χ1n) is 4.85. The van der Waals surface area contributed by atoms with E-state index in [9.17, 15) is 14.0 Å². The van der Waals surface area contributed by atoms with Gasteiger partial charge in [0.05, 0.1) is 15.7 Å². The highest BCUT2D eigenvalue weighted by atomic mass is 35.5. The quantitative estimate of drug-likeness (QED) is 0.816. The van der Waals surface area contributed by atoms with Crippen LogP contribution >= 0.6 is 23.2 Å². The van der Waals surface area contributed by atoms with Gasteiger partial charge in [0, 0.05) is 6.20 Å². The molecule has 0 unspecified atom stereocenters. The molecule has 96 valence electrons. The van der Waals surface area contributed by atoms with Gasteiger partial charge in [0.2, 0.25) is 0 Å². The monoisotopic (exact) mass is 299 g/mol. The van der Waals surface area contributed by atoms with E-state index < -0.39 is 17.1 Å². The number of H-pyrrole nitrogens is 1. The van der Waals surface area contributed by atoms with E-state index in [0.29, 0.717) is 0 Å². The van der Waals surface area contributed by atoms with Crippen molar-refractivity contribution in [2.45, 2.75) is 0 Å². The first kappa shape index (κ1) is 13.3. The molecule has 0 radical (unpaired) electrons. The van der Waals surface area contributed by atoms with Crippen LogP contribution in [-0.4, -0.2) is 9.55 Å². The van der Waals surface area contributed by atoms with E-state index in [1.165, 1.54) is 0 Å². The standard InChI is InChI=1S/C11H4Cl2FN3O2/c12-7-1-6(2-8(13)9(7)14)17-4-5(3-15)10(18)16-11(17)19/h1-2,4H,(H,16,18,19). The van der Waals surface area contributed by atoms with Crippen molar-refractivity contribution >= 4 is 23.2 Å². The van der Waals surface area contributed by atoms with Crippen LogP contribution in [0.4, 0.5) is 4.39 Å². The van der Waals surface area contributed by atoms with Crippen LogP contribution in [0.2, 0.25) is 10.0 Å². The highest BCUT2D eigenvalue weighted by Gasteiger charge is 2.11. The van der Waals surface area contributed by atoms with Crippen LogP contribution in [-0.2, 0) is 0 Å². The van der Waals surface area contributed by atoms with Crippen LogP contribution in [0.1, 0.15) is 5.56 Å². The van der Waals surface area contributed by atoms with Gasteiger partial charge < -0.3 is 0 Å². The summed E-state index contributed by atoms with van der Waals surface area (Å²) in [5.41, 5.74) is -1.73. The zero-order valence-corrected chi connectivity index (χ0v) is 10.6. The van der Waals surface area contributed by atoms with Crippen molar-refractivity contribution in [2.24, 2.45) is 0 Å². The molecule has 0 saturated carbocycles. The lowest BCUT2D eigenvalue weighted by atomic mass is 10.3. The van der Waals surface area contributed by atoms with Crippen molar-refractivity contribution in [1.29, 1.82) is 5.26 Å². The Morgan fingerprint density at radius 1 is 1.26 bits per heavy atom. The fourth-order valence-electron chi connectivity index (χ4n) is 1.42. The maximum Gasteiger partial charge on any atom is 0.332 e. The Balaban J connectivity index is 2.77. The summed E-state index contributed by atoms with van der Waals surface area (Å²) in [6.07, 6.45) is 1.03. The van der Waals surface area contributed by atoms with Gasteiger partial charge in [0.15, 0.2) is 5.82 Å². The van der Waals surface area contributed by atoms with E-state index in [2.05, 4.69) is 0 Å². The number of nitrogens with one attached hydrogen (secondary N) is 1. The second-order valence-corrected chi connectivity index (χ2v) is 4.32. The highest BCUT2D eigenvalue weighted by Crippen LogP contribution is 2.25. The minimum atomic E-state index is -0.815. The lowest BCUT2D eigenvalue weighted by molar-refractivity contribution is 0.628. The van der Waals surface area contributed by atoms with Gasteiger partial charge in [0.25, 0.3) is 5.56 Å². The smallest absolute Gasteiger partial charge is 0.273 e. The van der Waals surface area contributed by atoms with Crippen LogP contribution in [0.3, 0.4) is 0 Å². The van der Waals surface area contributed by atoms with Gasteiger partial charge in [0.1, 0.15) is 11.6 Å².